The quantitative estimate of drug-likeness (QED) is 0.360. The van der Waals surface area contributed by atoms with Crippen molar-refractivity contribution in [2.75, 3.05) is 19.6 Å². The van der Waals surface area contributed by atoms with Gasteiger partial charge < -0.3 is 4.90 Å². The first-order valence-corrected chi connectivity index (χ1v) is 7.16. The van der Waals surface area contributed by atoms with Crippen LogP contribution in [0.2, 0.25) is 5.15 Å². The predicted octanol–water partition coefficient (Wildman–Crippen LogP) is 3.83. The molecule has 2 rings (SSSR count). The normalized spacial score (nSPS) is 18.0. The summed E-state index contributed by atoms with van der Waals surface area (Å²) in [5, 5.41) is 3.02. The van der Waals surface area contributed by atoms with Crippen LogP contribution in [0.4, 0.5) is 13.2 Å². The number of carbonyl (C=O) groups is 1. The van der Waals surface area contributed by atoms with Crippen molar-refractivity contribution in [1.82, 2.24) is 9.88 Å². The van der Waals surface area contributed by atoms with Gasteiger partial charge >= 0.3 is 6.18 Å². The fourth-order valence-corrected chi connectivity index (χ4v) is 2.83. The van der Waals surface area contributed by atoms with Crippen LogP contribution in [0.3, 0.4) is 0 Å². The summed E-state index contributed by atoms with van der Waals surface area (Å²) >= 11 is 5.81. The average Bonchev–Trinajstić information content (AvgIpc) is 2.92. The maximum Gasteiger partial charge on any atom is 0.433 e. The van der Waals surface area contributed by atoms with Gasteiger partial charge in [-0.15, -0.1) is 0 Å². The molecule has 1 amide bonds. The standard InChI is InChI=1S/C13H13ClF3N5O/c1-7-4-9(13(15,16)17)20-11(14)10(7)12(23)22-3-2-8(6-22)5-19-21-18/h4,8H,2-3,5-6H2,1H3. The number of rotatable bonds is 3. The number of hydrogen-bond donors (Lipinski definition) is 0. The summed E-state index contributed by atoms with van der Waals surface area (Å²) in [4.78, 5) is 19.9. The van der Waals surface area contributed by atoms with Crippen molar-refractivity contribution < 1.29 is 18.0 Å². The minimum atomic E-state index is -4.62. The van der Waals surface area contributed by atoms with Crippen LogP contribution in [-0.2, 0) is 6.18 Å². The lowest BCUT2D eigenvalue weighted by molar-refractivity contribution is -0.141. The molecule has 0 radical (unpaired) electrons. The Bertz CT molecular complexity index is 649. The van der Waals surface area contributed by atoms with E-state index in [1.165, 1.54) is 11.8 Å². The molecule has 1 saturated heterocycles. The van der Waals surface area contributed by atoms with Crippen LogP contribution in [-0.4, -0.2) is 35.4 Å². The van der Waals surface area contributed by atoms with Crippen LogP contribution >= 0.6 is 11.6 Å². The molecule has 2 heterocycles. The van der Waals surface area contributed by atoms with E-state index in [-0.39, 0.29) is 23.6 Å². The number of carbonyl (C=O) groups excluding carboxylic acids is 1. The number of azide groups is 1. The molecule has 0 aromatic carbocycles. The van der Waals surface area contributed by atoms with E-state index in [0.29, 0.717) is 19.5 Å². The molecule has 10 heteroatoms. The summed E-state index contributed by atoms with van der Waals surface area (Å²) < 4.78 is 38.1. The number of pyridine rings is 1. The van der Waals surface area contributed by atoms with Crippen LogP contribution in [0, 0.1) is 12.8 Å². The topological polar surface area (TPSA) is 82.0 Å². The van der Waals surface area contributed by atoms with Gasteiger partial charge in [0.1, 0.15) is 10.8 Å². The van der Waals surface area contributed by atoms with E-state index < -0.39 is 22.9 Å². The molecule has 23 heavy (non-hydrogen) atoms. The van der Waals surface area contributed by atoms with Crippen LogP contribution in [0.25, 0.3) is 10.4 Å². The Labute approximate surface area is 134 Å². The molecular weight excluding hydrogens is 335 g/mol. The molecule has 1 aromatic heterocycles. The zero-order chi connectivity index (χ0) is 17.2. The Kier molecular flexibility index (Phi) is 5.01. The van der Waals surface area contributed by atoms with Crippen LogP contribution in [0.5, 0.6) is 0 Å². The third-order valence-corrected chi connectivity index (χ3v) is 3.93. The minimum absolute atomic E-state index is 0.0240. The number of likely N-dealkylation sites (tertiary alicyclic amines) is 1. The highest BCUT2D eigenvalue weighted by Gasteiger charge is 2.35. The van der Waals surface area contributed by atoms with Crippen LogP contribution < -0.4 is 0 Å². The second kappa shape index (κ2) is 6.64. The van der Waals surface area contributed by atoms with Crippen molar-refractivity contribution in [2.24, 2.45) is 11.0 Å². The largest absolute Gasteiger partial charge is 0.433 e. The summed E-state index contributed by atoms with van der Waals surface area (Å²) in [6.45, 7) is 2.47. The van der Waals surface area contributed by atoms with Gasteiger partial charge in [-0.25, -0.2) is 4.98 Å². The van der Waals surface area contributed by atoms with Gasteiger partial charge in [0.15, 0.2) is 0 Å². The van der Waals surface area contributed by atoms with Gasteiger partial charge in [-0.2, -0.15) is 13.2 Å². The first-order valence-electron chi connectivity index (χ1n) is 6.78. The van der Waals surface area contributed by atoms with Gasteiger partial charge in [0.25, 0.3) is 5.91 Å². The molecule has 1 unspecified atom stereocenters. The van der Waals surface area contributed by atoms with Crippen molar-refractivity contribution in [1.29, 1.82) is 0 Å². The molecule has 0 bridgehead atoms. The molecule has 1 atom stereocenters. The number of aryl methyl sites for hydroxylation is 1. The highest BCUT2D eigenvalue weighted by molar-refractivity contribution is 6.32. The minimum Gasteiger partial charge on any atom is -0.338 e. The number of alkyl halides is 3. The van der Waals surface area contributed by atoms with Crippen molar-refractivity contribution in [2.45, 2.75) is 19.5 Å². The summed E-state index contributed by atoms with van der Waals surface area (Å²) in [6, 6.07) is 0.812. The first-order chi connectivity index (χ1) is 10.7. The zero-order valence-corrected chi connectivity index (χ0v) is 12.9. The molecule has 1 aliphatic heterocycles. The SMILES string of the molecule is Cc1cc(C(F)(F)F)nc(Cl)c1C(=O)N1CCC(CN=[N+]=[N-])C1. The molecule has 0 saturated carbocycles. The summed E-state index contributed by atoms with van der Waals surface area (Å²) in [7, 11) is 0. The molecule has 1 aromatic rings. The third kappa shape index (κ3) is 3.86. The number of aromatic nitrogens is 1. The Hall–Kier alpha value is -1.99. The van der Waals surface area contributed by atoms with E-state index in [2.05, 4.69) is 15.0 Å². The lowest BCUT2D eigenvalue weighted by Crippen LogP contribution is -2.30. The van der Waals surface area contributed by atoms with Crippen molar-refractivity contribution in [3.63, 3.8) is 0 Å². The van der Waals surface area contributed by atoms with Crippen LogP contribution in [0.1, 0.15) is 28.0 Å². The summed E-state index contributed by atoms with van der Waals surface area (Å²) in [5.74, 6) is -0.423. The summed E-state index contributed by atoms with van der Waals surface area (Å²) in [5.41, 5.74) is 7.28. The summed E-state index contributed by atoms with van der Waals surface area (Å²) in [6.07, 6.45) is -3.96. The zero-order valence-electron chi connectivity index (χ0n) is 12.1. The molecular formula is C13H13ClF3N5O. The number of nitrogens with zero attached hydrogens (tertiary/aromatic N) is 5. The van der Waals surface area contributed by atoms with Gasteiger partial charge in [0, 0.05) is 24.5 Å². The molecule has 1 fully saturated rings. The van der Waals surface area contributed by atoms with E-state index in [9.17, 15) is 18.0 Å². The maximum absolute atomic E-state index is 12.7. The molecule has 6 nitrogen and oxygen atoms in total. The van der Waals surface area contributed by atoms with E-state index in [0.717, 1.165) is 6.07 Å². The van der Waals surface area contributed by atoms with Gasteiger partial charge in [-0.1, -0.05) is 16.7 Å². The maximum atomic E-state index is 12.7. The van der Waals surface area contributed by atoms with Gasteiger partial charge in [0.2, 0.25) is 0 Å². The predicted molar refractivity (Wildman–Crippen MR) is 77.0 cm³/mol. The van der Waals surface area contributed by atoms with Gasteiger partial charge in [-0.3, -0.25) is 4.79 Å². The number of hydrogen-bond acceptors (Lipinski definition) is 3. The van der Waals surface area contributed by atoms with E-state index in [4.69, 9.17) is 17.1 Å². The number of halogens is 4. The molecule has 0 N–H and O–H groups in total. The first kappa shape index (κ1) is 17.4. The Morgan fingerprint density at radius 3 is 2.87 bits per heavy atom. The third-order valence-electron chi connectivity index (χ3n) is 3.65. The molecule has 0 spiro atoms. The van der Waals surface area contributed by atoms with Crippen molar-refractivity contribution in [3.05, 3.63) is 38.5 Å². The molecule has 124 valence electrons. The molecule has 1 aliphatic rings. The lowest BCUT2D eigenvalue weighted by Gasteiger charge is -2.19. The van der Waals surface area contributed by atoms with E-state index in [1.54, 1.807) is 0 Å². The monoisotopic (exact) mass is 347 g/mol. The average molecular weight is 348 g/mol. The highest BCUT2D eigenvalue weighted by atomic mass is 35.5. The van der Waals surface area contributed by atoms with E-state index in [1.807, 2.05) is 0 Å². The van der Waals surface area contributed by atoms with Crippen molar-refractivity contribution >= 4 is 17.5 Å². The van der Waals surface area contributed by atoms with E-state index >= 15 is 0 Å². The Morgan fingerprint density at radius 1 is 1.61 bits per heavy atom. The molecule has 0 aliphatic carbocycles. The second-order valence-corrected chi connectivity index (χ2v) is 5.67. The van der Waals surface area contributed by atoms with Crippen molar-refractivity contribution in [3.8, 4) is 0 Å². The van der Waals surface area contributed by atoms with Gasteiger partial charge in [-0.05, 0) is 36.4 Å². The van der Waals surface area contributed by atoms with Gasteiger partial charge in [0.05, 0.1) is 5.56 Å². The fourth-order valence-electron chi connectivity index (χ4n) is 2.51. The highest BCUT2D eigenvalue weighted by Crippen LogP contribution is 2.32. The Balaban J connectivity index is 2.22. The Morgan fingerprint density at radius 2 is 2.30 bits per heavy atom. The fraction of sp³-hybridized carbons (Fsp3) is 0.538. The number of amides is 1. The smallest absolute Gasteiger partial charge is 0.338 e. The second-order valence-electron chi connectivity index (χ2n) is 5.31. The van der Waals surface area contributed by atoms with Crippen LogP contribution in [0.15, 0.2) is 11.2 Å². The lowest BCUT2D eigenvalue weighted by atomic mass is 10.1.